The monoisotopic (exact) mass is 341 g/mol. The van der Waals surface area contributed by atoms with Gasteiger partial charge >= 0.3 is 6.03 Å². The summed E-state index contributed by atoms with van der Waals surface area (Å²) in [5.41, 5.74) is 7.58. The molecule has 4 N–H and O–H groups in total. The van der Waals surface area contributed by atoms with Crippen LogP contribution in [0.2, 0.25) is 0 Å². The topological polar surface area (TPSA) is 93.4 Å². The summed E-state index contributed by atoms with van der Waals surface area (Å²) in [5.74, 6) is 0.275. The number of amides is 3. The van der Waals surface area contributed by atoms with Crippen molar-refractivity contribution in [1.29, 1.82) is 0 Å². The predicted octanol–water partition coefficient (Wildman–Crippen LogP) is 2.40. The molecule has 0 spiro atoms. The van der Waals surface area contributed by atoms with E-state index in [0.29, 0.717) is 18.5 Å². The molecule has 0 saturated carbocycles. The second kappa shape index (κ2) is 8.73. The highest BCUT2D eigenvalue weighted by molar-refractivity contribution is 5.92. The molecule has 3 amide bonds. The summed E-state index contributed by atoms with van der Waals surface area (Å²) in [5, 5.41) is 5.69. The molecule has 6 heteroatoms. The highest BCUT2D eigenvalue weighted by Gasteiger charge is 2.13. The number of primary amides is 1. The third-order valence-corrected chi connectivity index (χ3v) is 3.86. The van der Waals surface area contributed by atoms with Crippen molar-refractivity contribution in [2.75, 3.05) is 13.7 Å². The Morgan fingerprint density at radius 1 is 1.16 bits per heavy atom. The van der Waals surface area contributed by atoms with E-state index >= 15 is 0 Å². The summed E-state index contributed by atoms with van der Waals surface area (Å²) in [6, 6.07) is 14.2. The number of hydrogen-bond acceptors (Lipinski definition) is 3. The summed E-state index contributed by atoms with van der Waals surface area (Å²) >= 11 is 0. The van der Waals surface area contributed by atoms with Crippen LogP contribution in [0.3, 0.4) is 0 Å². The SMILES string of the molecule is COc1ccccc1[C@H](C)NC(=O)NCCc1cccc(C(N)=O)c1. The molecule has 0 aliphatic heterocycles. The summed E-state index contributed by atoms with van der Waals surface area (Å²) in [6.45, 7) is 2.35. The van der Waals surface area contributed by atoms with Crippen LogP contribution in [0.1, 0.15) is 34.5 Å². The zero-order valence-electron chi connectivity index (χ0n) is 14.4. The van der Waals surface area contributed by atoms with Crippen molar-refractivity contribution in [2.24, 2.45) is 5.73 Å². The number of methoxy groups -OCH3 is 1. The lowest BCUT2D eigenvalue weighted by molar-refractivity contribution is 0.1000. The first-order valence-electron chi connectivity index (χ1n) is 8.07. The van der Waals surface area contributed by atoms with E-state index < -0.39 is 5.91 Å². The van der Waals surface area contributed by atoms with Crippen LogP contribution in [0.25, 0.3) is 0 Å². The number of hydrogen-bond donors (Lipinski definition) is 3. The average molecular weight is 341 g/mol. The van der Waals surface area contributed by atoms with Crippen molar-refractivity contribution in [3.05, 3.63) is 65.2 Å². The van der Waals surface area contributed by atoms with Gasteiger partial charge in [-0.25, -0.2) is 4.79 Å². The quantitative estimate of drug-likeness (QED) is 0.722. The Bertz CT molecular complexity index is 746. The van der Waals surface area contributed by atoms with Crippen molar-refractivity contribution in [3.63, 3.8) is 0 Å². The lowest BCUT2D eigenvalue weighted by Crippen LogP contribution is -2.38. The van der Waals surface area contributed by atoms with E-state index in [-0.39, 0.29) is 12.1 Å². The highest BCUT2D eigenvalue weighted by Crippen LogP contribution is 2.24. The number of carbonyl (C=O) groups excluding carboxylic acids is 2. The van der Waals surface area contributed by atoms with E-state index in [1.54, 1.807) is 25.3 Å². The lowest BCUT2D eigenvalue weighted by Gasteiger charge is -2.17. The second-order valence-corrected chi connectivity index (χ2v) is 5.68. The molecule has 25 heavy (non-hydrogen) atoms. The highest BCUT2D eigenvalue weighted by atomic mass is 16.5. The fourth-order valence-corrected chi connectivity index (χ4v) is 2.55. The number of nitrogens with one attached hydrogen (secondary N) is 2. The minimum atomic E-state index is -0.460. The molecule has 0 radical (unpaired) electrons. The number of rotatable bonds is 7. The molecular formula is C19H23N3O3. The standard InChI is InChI=1S/C19H23N3O3/c1-13(16-8-3-4-9-17(16)25-2)22-19(24)21-11-10-14-6-5-7-15(12-14)18(20)23/h3-9,12-13H,10-11H2,1-2H3,(H2,20,23)(H2,21,22,24)/t13-/m0/s1. The van der Waals surface area contributed by atoms with Crippen molar-refractivity contribution in [1.82, 2.24) is 10.6 Å². The largest absolute Gasteiger partial charge is 0.496 e. The first kappa shape index (κ1) is 18.3. The second-order valence-electron chi connectivity index (χ2n) is 5.68. The van der Waals surface area contributed by atoms with Gasteiger partial charge in [0.05, 0.1) is 13.2 Å². The summed E-state index contributed by atoms with van der Waals surface area (Å²) in [7, 11) is 1.60. The molecule has 1 atom stereocenters. The van der Waals surface area contributed by atoms with Gasteiger partial charge < -0.3 is 21.1 Å². The molecule has 2 aromatic rings. The fourth-order valence-electron chi connectivity index (χ4n) is 2.55. The molecule has 0 saturated heterocycles. The number of nitrogens with two attached hydrogens (primary N) is 1. The van der Waals surface area contributed by atoms with Crippen LogP contribution in [0.15, 0.2) is 48.5 Å². The van der Waals surface area contributed by atoms with E-state index in [0.717, 1.165) is 16.9 Å². The smallest absolute Gasteiger partial charge is 0.315 e. The molecule has 0 aromatic heterocycles. The molecular weight excluding hydrogens is 318 g/mol. The molecule has 132 valence electrons. The van der Waals surface area contributed by atoms with Crippen LogP contribution < -0.4 is 21.1 Å². The molecule has 0 aliphatic carbocycles. The van der Waals surface area contributed by atoms with Gasteiger partial charge in [0, 0.05) is 17.7 Å². The molecule has 0 fully saturated rings. The van der Waals surface area contributed by atoms with Crippen LogP contribution in [0, 0.1) is 0 Å². The average Bonchev–Trinajstić information content (AvgIpc) is 2.61. The molecule has 0 aliphatic rings. The van der Waals surface area contributed by atoms with Gasteiger partial charge in [-0.2, -0.15) is 0 Å². The molecule has 0 heterocycles. The van der Waals surface area contributed by atoms with Crippen LogP contribution in [-0.4, -0.2) is 25.6 Å². The van der Waals surface area contributed by atoms with E-state index in [9.17, 15) is 9.59 Å². The Labute approximate surface area is 147 Å². The van der Waals surface area contributed by atoms with Crippen molar-refractivity contribution in [3.8, 4) is 5.75 Å². The Morgan fingerprint density at radius 3 is 2.64 bits per heavy atom. The van der Waals surface area contributed by atoms with Gasteiger partial charge in [0.1, 0.15) is 5.75 Å². The first-order valence-corrected chi connectivity index (χ1v) is 8.07. The van der Waals surface area contributed by atoms with Crippen LogP contribution in [0.4, 0.5) is 4.79 Å². The van der Waals surface area contributed by atoms with Gasteiger partial charge in [-0.1, -0.05) is 30.3 Å². The maximum atomic E-state index is 12.1. The Morgan fingerprint density at radius 2 is 1.92 bits per heavy atom. The Balaban J connectivity index is 1.84. The van der Waals surface area contributed by atoms with Gasteiger partial charge in [0.2, 0.25) is 5.91 Å². The predicted molar refractivity (Wildman–Crippen MR) is 96.6 cm³/mol. The Kier molecular flexibility index (Phi) is 6.39. The minimum Gasteiger partial charge on any atom is -0.496 e. The van der Waals surface area contributed by atoms with Crippen LogP contribution in [0.5, 0.6) is 5.75 Å². The van der Waals surface area contributed by atoms with Crippen LogP contribution >= 0.6 is 0 Å². The van der Waals surface area contributed by atoms with Crippen molar-refractivity contribution in [2.45, 2.75) is 19.4 Å². The number of benzene rings is 2. The fraction of sp³-hybridized carbons (Fsp3) is 0.263. The molecule has 0 unspecified atom stereocenters. The maximum Gasteiger partial charge on any atom is 0.315 e. The van der Waals surface area contributed by atoms with Crippen LogP contribution in [-0.2, 0) is 6.42 Å². The molecule has 6 nitrogen and oxygen atoms in total. The molecule has 2 aromatic carbocycles. The third-order valence-electron chi connectivity index (χ3n) is 3.86. The number of ether oxygens (including phenoxy) is 1. The molecule has 2 rings (SSSR count). The molecule has 0 bridgehead atoms. The zero-order chi connectivity index (χ0) is 18.2. The number of urea groups is 1. The summed E-state index contributed by atoms with van der Waals surface area (Å²) in [6.07, 6.45) is 0.609. The zero-order valence-corrected chi connectivity index (χ0v) is 14.4. The number of para-hydroxylation sites is 1. The van der Waals surface area contributed by atoms with Gasteiger partial charge in [-0.05, 0) is 37.1 Å². The van der Waals surface area contributed by atoms with Gasteiger partial charge in [-0.15, -0.1) is 0 Å². The van der Waals surface area contributed by atoms with Gasteiger partial charge in [0.25, 0.3) is 0 Å². The van der Waals surface area contributed by atoms with Crippen molar-refractivity contribution >= 4 is 11.9 Å². The number of carbonyl (C=O) groups is 2. The lowest BCUT2D eigenvalue weighted by atomic mass is 10.1. The van der Waals surface area contributed by atoms with E-state index in [1.165, 1.54) is 0 Å². The Hall–Kier alpha value is -3.02. The van der Waals surface area contributed by atoms with E-state index in [2.05, 4.69) is 10.6 Å². The van der Waals surface area contributed by atoms with Crippen molar-refractivity contribution < 1.29 is 14.3 Å². The minimum absolute atomic E-state index is 0.186. The normalized spacial score (nSPS) is 11.4. The summed E-state index contributed by atoms with van der Waals surface area (Å²) < 4.78 is 5.31. The van der Waals surface area contributed by atoms with Gasteiger partial charge in [0.15, 0.2) is 0 Å². The maximum absolute atomic E-state index is 12.1. The first-order chi connectivity index (χ1) is 12.0. The summed E-state index contributed by atoms with van der Waals surface area (Å²) in [4.78, 5) is 23.2. The third kappa shape index (κ3) is 5.24. The van der Waals surface area contributed by atoms with E-state index in [1.807, 2.05) is 37.3 Å². The van der Waals surface area contributed by atoms with Gasteiger partial charge in [-0.3, -0.25) is 4.79 Å². The van der Waals surface area contributed by atoms with E-state index in [4.69, 9.17) is 10.5 Å².